The molecule has 4 heteroatoms. The molecule has 100 valence electrons. The second-order valence-electron chi connectivity index (χ2n) is 4.90. The van der Waals surface area contributed by atoms with Crippen LogP contribution in [0.1, 0.15) is 16.7 Å². The van der Waals surface area contributed by atoms with E-state index in [0.29, 0.717) is 11.5 Å². The largest absolute Gasteiger partial charge is 0.504 e. The molecule has 4 nitrogen and oxygen atoms in total. The van der Waals surface area contributed by atoms with Gasteiger partial charge in [0.2, 0.25) is 0 Å². The zero-order chi connectivity index (χ0) is 13.1. The van der Waals surface area contributed by atoms with Crippen molar-refractivity contribution in [3.8, 4) is 11.5 Å². The molecule has 0 atom stereocenters. The summed E-state index contributed by atoms with van der Waals surface area (Å²) in [5, 5.41) is 13.6. The predicted molar refractivity (Wildman–Crippen MR) is 72.3 cm³/mol. The van der Waals surface area contributed by atoms with Crippen molar-refractivity contribution in [3.05, 3.63) is 22.8 Å². The van der Waals surface area contributed by atoms with Gasteiger partial charge in [-0.1, -0.05) is 6.07 Å². The van der Waals surface area contributed by atoms with Crippen molar-refractivity contribution in [1.29, 1.82) is 0 Å². The van der Waals surface area contributed by atoms with E-state index >= 15 is 0 Å². The fourth-order valence-electron chi connectivity index (χ4n) is 2.54. The van der Waals surface area contributed by atoms with Gasteiger partial charge >= 0.3 is 0 Å². The van der Waals surface area contributed by atoms with Gasteiger partial charge in [0.1, 0.15) is 0 Å². The van der Waals surface area contributed by atoms with Crippen molar-refractivity contribution in [2.45, 2.75) is 20.4 Å². The van der Waals surface area contributed by atoms with Crippen LogP contribution in [0.5, 0.6) is 11.5 Å². The Kier molecular flexibility index (Phi) is 4.09. The molecule has 1 saturated heterocycles. The molecule has 1 aliphatic rings. The van der Waals surface area contributed by atoms with Gasteiger partial charge in [-0.25, -0.2) is 0 Å². The summed E-state index contributed by atoms with van der Waals surface area (Å²) in [6.07, 6.45) is 0. The number of rotatable bonds is 3. The number of aromatic hydroxyl groups is 1. The predicted octanol–water partition coefficient (Wildman–Crippen LogP) is 1.42. The van der Waals surface area contributed by atoms with E-state index in [4.69, 9.17) is 4.74 Å². The number of aryl methyl sites for hydroxylation is 2. The first-order valence-corrected chi connectivity index (χ1v) is 6.42. The van der Waals surface area contributed by atoms with E-state index in [9.17, 15) is 5.11 Å². The van der Waals surface area contributed by atoms with E-state index in [2.05, 4.69) is 16.3 Å². The average molecular weight is 250 g/mol. The van der Waals surface area contributed by atoms with Crippen molar-refractivity contribution in [2.75, 3.05) is 33.3 Å². The number of methoxy groups -OCH3 is 1. The molecule has 1 aromatic carbocycles. The lowest BCUT2D eigenvalue weighted by atomic mass is 10.0. The van der Waals surface area contributed by atoms with Crippen LogP contribution in [0.3, 0.4) is 0 Å². The molecule has 2 N–H and O–H groups in total. The quantitative estimate of drug-likeness (QED) is 0.851. The van der Waals surface area contributed by atoms with Crippen molar-refractivity contribution >= 4 is 0 Å². The molecule has 0 saturated carbocycles. The Morgan fingerprint density at radius 1 is 1.28 bits per heavy atom. The van der Waals surface area contributed by atoms with Gasteiger partial charge in [0.25, 0.3) is 0 Å². The van der Waals surface area contributed by atoms with Gasteiger partial charge in [0, 0.05) is 38.3 Å². The summed E-state index contributed by atoms with van der Waals surface area (Å²) in [4.78, 5) is 2.35. The molecule has 0 aliphatic carbocycles. The molecule has 1 fully saturated rings. The molecule has 0 unspecified atom stereocenters. The molecule has 0 aromatic heterocycles. The first kappa shape index (κ1) is 13.2. The number of benzene rings is 1. The molecule has 1 heterocycles. The fourth-order valence-corrected chi connectivity index (χ4v) is 2.54. The maximum atomic E-state index is 10.3. The van der Waals surface area contributed by atoms with E-state index in [1.807, 2.05) is 13.8 Å². The molecule has 0 radical (unpaired) electrons. The number of nitrogens with zero attached hydrogens (tertiary/aromatic N) is 1. The van der Waals surface area contributed by atoms with Crippen LogP contribution in [0.4, 0.5) is 0 Å². The van der Waals surface area contributed by atoms with Crippen LogP contribution in [0.15, 0.2) is 6.07 Å². The molecule has 0 spiro atoms. The monoisotopic (exact) mass is 250 g/mol. The lowest BCUT2D eigenvalue weighted by Crippen LogP contribution is -2.43. The highest BCUT2D eigenvalue weighted by Gasteiger charge is 2.18. The van der Waals surface area contributed by atoms with Gasteiger partial charge in [-0.15, -0.1) is 0 Å². The maximum absolute atomic E-state index is 10.3. The summed E-state index contributed by atoms with van der Waals surface area (Å²) in [6.45, 7) is 8.87. The van der Waals surface area contributed by atoms with Crippen molar-refractivity contribution in [1.82, 2.24) is 10.2 Å². The summed E-state index contributed by atoms with van der Waals surface area (Å²) < 4.78 is 5.28. The zero-order valence-corrected chi connectivity index (χ0v) is 11.4. The first-order valence-electron chi connectivity index (χ1n) is 6.42. The second kappa shape index (κ2) is 5.59. The van der Waals surface area contributed by atoms with Crippen molar-refractivity contribution in [2.24, 2.45) is 0 Å². The number of hydrogen-bond donors (Lipinski definition) is 2. The SMILES string of the molecule is COc1c(C)cc(C)c(CN2CCNCC2)c1O. The standard InChI is InChI=1S/C14H22N2O2/c1-10-8-11(2)14(18-3)13(17)12(10)9-16-6-4-15-5-7-16/h8,15,17H,4-7,9H2,1-3H3. The van der Waals surface area contributed by atoms with E-state index < -0.39 is 0 Å². The Morgan fingerprint density at radius 2 is 1.94 bits per heavy atom. The van der Waals surface area contributed by atoms with Gasteiger partial charge in [0.15, 0.2) is 11.5 Å². The van der Waals surface area contributed by atoms with Gasteiger partial charge in [0.05, 0.1) is 7.11 Å². The van der Waals surface area contributed by atoms with Gasteiger partial charge in [-0.3, -0.25) is 4.90 Å². The average Bonchev–Trinajstić information content (AvgIpc) is 2.36. The summed E-state index contributed by atoms with van der Waals surface area (Å²) in [7, 11) is 1.60. The Balaban J connectivity index is 2.26. The van der Waals surface area contributed by atoms with Gasteiger partial charge in [-0.05, 0) is 25.0 Å². The summed E-state index contributed by atoms with van der Waals surface area (Å²) in [5.41, 5.74) is 3.10. The van der Waals surface area contributed by atoms with E-state index in [0.717, 1.165) is 49.4 Å². The summed E-state index contributed by atoms with van der Waals surface area (Å²) >= 11 is 0. The second-order valence-corrected chi connectivity index (χ2v) is 4.90. The third-order valence-electron chi connectivity index (χ3n) is 3.56. The number of phenolic OH excluding ortho intramolecular Hbond substituents is 1. The van der Waals surface area contributed by atoms with Crippen molar-refractivity contribution < 1.29 is 9.84 Å². The highest BCUT2D eigenvalue weighted by molar-refractivity contribution is 5.54. The fraction of sp³-hybridized carbons (Fsp3) is 0.571. The molecule has 2 rings (SSSR count). The molecule has 1 aromatic rings. The highest BCUT2D eigenvalue weighted by Crippen LogP contribution is 2.36. The van der Waals surface area contributed by atoms with Crippen LogP contribution in [-0.2, 0) is 6.54 Å². The van der Waals surface area contributed by atoms with Crippen LogP contribution in [-0.4, -0.2) is 43.3 Å². The van der Waals surface area contributed by atoms with E-state index in [1.54, 1.807) is 7.11 Å². The molecular weight excluding hydrogens is 228 g/mol. The Hall–Kier alpha value is -1.26. The summed E-state index contributed by atoms with van der Waals surface area (Å²) in [6, 6.07) is 2.08. The third-order valence-corrected chi connectivity index (χ3v) is 3.56. The number of piperazine rings is 1. The molecule has 1 aliphatic heterocycles. The minimum Gasteiger partial charge on any atom is -0.504 e. The molecule has 18 heavy (non-hydrogen) atoms. The van der Waals surface area contributed by atoms with Crippen LogP contribution in [0.2, 0.25) is 0 Å². The molecular formula is C14H22N2O2. The van der Waals surface area contributed by atoms with Crippen LogP contribution in [0.25, 0.3) is 0 Å². The smallest absolute Gasteiger partial charge is 0.163 e. The number of ether oxygens (including phenoxy) is 1. The van der Waals surface area contributed by atoms with E-state index in [-0.39, 0.29) is 0 Å². The maximum Gasteiger partial charge on any atom is 0.163 e. The number of phenols is 1. The van der Waals surface area contributed by atoms with Crippen LogP contribution < -0.4 is 10.1 Å². The normalized spacial score (nSPS) is 16.8. The number of nitrogens with one attached hydrogen (secondary N) is 1. The highest BCUT2D eigenvalue weighted by atomic mass is 16.5. The lowest BCUT2D eigenvalue weighted by Gasteiger charge is -2.28. The van der Waals surface area contributed by atoms with Crippen LogP contribution in [0, 0.1) is 13.8 Å². The lowest BCUT2D eigenvalue weighted by molar-refractivity contribution is 0.229. The summed E-state index contributed by atoms with van der Waals surface area (Å²) in [5.74, 6) is 0.902. The van der Waals surface area contributed by atoms with E-state index in [1.165, 1.54) is 0 Å². The Bertz CT molecular complexity index is 426. The van der Waals surface area contributed by atoms with Gasteiger partial charge < -0.3 is 15.2 Å². The Morgan fingerprint density at radius 3 is 2.56 bits per heavy atom. The van der Waals surface area contributed by atoms with Crippen molar-refractivity contribution in [3.63, 3.8) is 0 Å². The Labute approximate surface area is 109 Å². The zero-order valence-electron chi connectivity index (χ0n) is 11.4. The first-order chi connectivity index (χ1) is 8.63. The third kappa shape index (κ3) is 2.60. The topological polar surface area (TPSA) is 44.7 Å². The molecule has 0 amide bonds. The van der Waals surface area contributed by atoms with Crippen LogP contribution >= 0.6 is 0 Å². The minimum atomic E-state index is 0.300. The number of hydrogen-bond acceptors (Lipinski definition) is 4. The van der Waals surface area contributed by atoms with Gasteiger partial charge in [-0.2, -0.15) is 0 Å². The molecule has 0 bridgehead atoms. The minimum absolute atomic E-state index is 0.300.